The number of likely N-dealkylation sites (N-methyl/N-ethyl adjacent to an activating group) is 2. The molecule has 0 spiro atoms. The number of aryl methyl sites for hydroxylation is 1. The van der Waals surface area contributed by atoms with Gasteiger partial charge in [-0.05, 0) is 58.0 Å². The van der Waals surface area contributed by atoms with E-state index >= 15 is 0 Å². The van der Waals surface area contributed by atoms with Crippen LogP contribution in [0.15, 0.2) is 18.2 Å². The van der Waals surface area contributed by atoms with Crippen molar-refractivity contribution in [2.24, 2.45) is 0 Å². The summed E-state index contributed by atoms with van der Waals surface area (Å²) in [4.78, 5) is 17.4. The number of hydrogen-bond donors (Lipinski definition) is 0. The van der Waals surface area contributed by atoms with E-state index in [1.54, 1.807) is 0 Å². The molecule has 1 unspecified atom stereocenters. The third-order valence-electron chi connectivity index (χ3n) is 5.07. The van der Waals surface area contributed by atoms with Crippen LogP contribution in [0.2, 0.25) is 0 Å². The maximum absolute atomic E-state index is 12.9. The Kier molecular flexibility index (Phi) is 5.14. The minimum atomic E-state index is 0.0911. The van der Waals surface area contributed by atoms with E-state index in [9.17, 15) is 4.79 Å². The predicted octanol–water partition coefficient (Wildman–Crippen LogP) is 2.40. The number of amides is 1. The van der Waals surface area contributed by atoms with Crippen LogP contribution < -0.4 is 0 Å². The molecule has 0 aliphatic carbocycles. The van der Waals surface area contributed by atoms with Gasteiger partial charge in [-0.25, -0.2) is 4.68 Å². The van der Waals surface area contributed by atoms with E-state index in [0.29, 0.717) is 11.6 Å². The minimum Gasteiger partial charge on any atom is -0.337 e. The predicted molar refractivity (Wildman–Crippen MR) is 95.0 cm³/mol. The molecule has 2 aromatic rings. The fraction of sp³-hybridized carbons (Fsp3) is 0.611. The number of rotatable bonds is 6. The molecule has 1 fully saturated rings. The third kappa shape index (κ3) is 3.15. The lowest BCUT2D eigenvalue weighted by Crippen LogP contribution is -2.43. The number of benzene rings is 1. The summed E-state index contributed by atoms with van der Waals surface area (Å²) in [5, 5.41) is 8.30. The Balaban J connectivity index is 1.78. The van der Waals surface area contributed by atoms with Gasteiger partial charge >= 0.3 is 0 Å². The zero-order valence-corrected chi connectivity index (χ0v) is 14.9. The Labute approximate surface area is 143 Å². The molecule has 1 aromatic carbocycles. The van der Waals surface area contributed by atoms with E-state index in [0.717, 1.165) is 43.8 Å². The maximum Gasteiger partial charge on any atom is 0.253 e. The van der Waals surface area contributed by atoms with Crippen LogP contribution in [-0.2, 0) is 6.54 Å². The molecule has 0 bridgehead atoms. The van der Waals surface area contributed by atoms with Crippen molar-refractivity contribution < 1.29 is 4.79 Å². The van der Waals surface area contributed by atoms with Crippen LogP contribution in [-0.4, -0.2) is 62.9 Å². The summed E-state index contributed by atoms with van der Waals surface area (Å²) in [6.45, 7) is 10.8. The summed E-state index contributed by atoms with van der Waals surface area (Å²) in [6, 6.07) is 6.21. The largest absolute Gasteiger partial charge is 0.337 e. The van der Waals surface area contributed by atoms with Gasteiger partial charge < -0.3 is 4.90 Å². The van der Waals surface area contributed by atoms with E-state index < -0.39 is 0 Å². The molecule has 6 heteroatoms. The highest BCUT2D eigenvalue weighted by atomic mass is 16.2. The quantitative estimate of drug-likeness (QED) is 0.816. The monoisotopic (exact) mass is 329 g/mol. The number of likely N-dealkylation sites (tertiary alicyclic amines) is 1. The normalized spacial score (nSPS) is 18.4. The Hall–Kier alpha value is -1.95. The summed E-state index contributed by atoms with van der Waals surface area (Å²) in [5.74, 6) is 0.0911. The average Bonchev–Trinajstić information content (AvgIpc) is 3.24. The Morgan fingerprint density at radius 2 is 2.12 bits per heavy atom. The van der Waals surface area contributed by atoms with E-state index in [4.69, 9.17) is 0 Å². The third-order valence-corrected chi connectivity index (χ3v) is 5.07. The number of aromatic nitrogens is 3. The first-order valence-corrected chi connectivity index (χ1v) is 9.04. The molecule has 1 aliphatic heterocycles. The number of hydrogen-bond acceptors (Lipinski definition) is 4. The van der Waals surface area contributed by atoms with Crippen LogP contribution in [0.25, 0.3) is 11.0 Å². The summed E-state index contributed by atoms with van der Waals surface area (Å²) in [5.41, 5.74) is 2.47. The highest BCUT2D eigenvalue weighted by Gasteiger charge is 2.27. The SMILES string of the molecule is CCN(CC1CCCN1CC)C(=O)c1ccc2c(c1)nnn2CC. The van der Waals surface area contributed by atoms with Crippen LogP contribution in [0.3, 0.4) is 0 Å². The fourth-order valence-electron chi connectivity index (χ4n) is 3.65. The first-order chi connectivity index (χ1) is 11.7. The summed E-state index contributed by atoms with van der Waals surface area (Å²) in [7, 11) is 0. The molecule has 6 nitrogen and oxygen atoms in total. The zero-order valence-electron chi connectivity index (χ0n) is 14.9. The van der Waals surface area contributed by atoms with Gasteiger partial charge in [0.15, 0.2) is 0 Å². The van der Waals surface area contributed by atoms with Gasteiger partial charge in [0.05, 0.1) is 5.52 Å². The van der Waals surface area contributed by atoms with Gasteiger partial charge in [-0.2, -0.15) is 0 Å². The second-order valence-corrected chi connectivity index (χ2v) is 6.38. The molecule has 3 rings (SSSR count). The number of carbonyl (C=O) groups excluding carboxylic acids is 1. The van der Waals surface area contributed by atoms with Gasteiger partial charge in [0.25, 0.3) is 5.91 Å². The van der Waals surface area contributed by atoms with E-state index in [1.165, 1.54) is 12.8 Å². The molecule has 0 radical (unpaired) electrons. The van der Waals surface area contributed by atoms with E-state index in [1.807, 2.05) is 34.7 Å². The van der Waals surface area contributed by atoms with Crippen LogP contribution >= 0.6 is 0 Å². The van der Waals surface area contributed by atoms with Crippen molar-refractivity contribution in [3.05, 3.63) is 23.8 Å². The van der Waals surface area contributed by atoms with E-state index in [-0.39, 0.29) is 5.91 Å². The lowest BCUT2D eigenvalue weighted by atomic mass is 10.1. The van der Waals surface area contributed by atoms with Crippen LogP contribution in [0, 0.1) is 0 Å². The minimum absolute atomic E-state index is 0.0911. The molecule has 1 aliphatic rings. The molecule has 1 saturated heterocycles. The highest BCUT2D eigenvalue weighted by Crippen LogP contribution is 2.20. The topological polar surface area (TPSA) is 54.3 Å². The maximum atomic E-state index is 12.9. The number of carbonyl (C=O) groups is 1. The Morgan fingerprint density at radius 3 is 2.83 bits per heavy atom. The lowest BCUT2D eigenvalue weighted by Gasteiger charge is -2.29. The average molecular weight is 329 g/mol. The first kappa shape index (κ1) is 16.9. The van der Waals surface area contributed by atoms with Gasteiger partial charge in [0.2, 0.25) is 0 Å². The summed E-state index contributed by atoms with van der Waals surface area (Å²) >= 11 is 0. The fourth-order valence-corrected chi connectivity index (χ4v) is 3.65. The zero-order chi connectivity index (χ0) is 17.1. The Morgan fingerprint density at radius 1 is 1.29 bits per heavy atom. The van der Waals surface area contributed by atoms with Gasteiger partial charge in [0.1, 0.15) is 5.52 Å². The van der Waals surface area contributed by atoms with Crippen LogP contribution in [0.5, 0.6) is 0 Å². The molecule has 2 heterocycles. The number of fused-ring (bicyclic) bond motifs is 1. The summed E-state index contributed by atoms with van der Waals surface area (Å²) in [6.07, 6.45) is 2.41. The highest BCUT2D eigenvalue weighted by molar-refractivity contribution is 5.97. The lowest BCUT2D eigenvalue weighted by molar-refractivity contribution is 0.0718. The second-order valence-electron chi connectivity index (χ2n) is 6.38. The molecular weight excluding hydrogens is 302 g/mol. The van der Waals surface area contributed by atoms with E-state index in [2.05, 4.69) is 29.1 Å². The smallest absolute Gasteiger partial charge is 0.253 e. The molecule has 0 saturated carbocycles. The number of nitrogens with zero attached hydrogens (tertiary/aromatic N) is 5. The van der Waals surface area contributed by atoms with Gasteiger partial charge in [-0.15, -0.1) is 5.10 Å². The van der Waals surface area contributed by atoms with Crippen molar-refractivity contribution in [2.45, 2.75) is 46.2 Å². The van der Waals surface area contributed by atoms with Crippen LogP contribution in [0.1, 0.15) is 44.0 Å². The van der Waals surface area contributed by atoms with Gasteiger partial charge in [-0.1, -0.05) is 12.1 Å². The molecule has 1 amide bonds. The summed E-state index contributed by atoms with van der Waals surface area (Å²) < 4.78 is 1.85. The molecule has 0 N–H and O–H groups in total. The molecule has 130 valence electrons. The Bertz CT molecular complexity index is 710. The molecule has 24 heavy (non-hydrogen) atoms. The van der Waals surface area contributed by atoms with Crippen molar-refractivity contribution in [1.82, 2.24) is 24.8 Å². The van der Waals surface area contributed by atoms with Crippen molar-refractivity contribution in [1.29, 1.82) is 0 Å². The van der Waals surface area contributed by atoms with Crippen molar-refractivity contribution in [3.8, 4) is 0 Å². The first-order valence-electron chi connectivity index (χ1n) is 9.04. The molecule has 1 aromatic heterocycles. The van der Waals surface area contributed by atoms with Crippen LogP contribution in [0.4, 0.5) is 0 Å². The van der Waals surface area contributed by atoms with Gasteiger partial charge in [0, 0.05) is 31.2 Å². The van der Waals surface area contributed by atoms with Crippen molar-refractivity contribution >= 4 is 16.9 Å². The molecule has 1 atom stereocenters. The van der Waals surface area contributed by atoms with Crippen molar-refractivity contribution in [3.63, 3.8) is 0 Å². The second kappa shape index (κ2) is 7.30. The molecular formula is C18H27N5O. The standard InChI is InChI=1S/C18H27N5O/c1-4-21-11-7-8-15(21)13-22(5-2)18(24)14-9-10-17-16(12-14)19-20-23(17)6-3/h9-10,12,15H,4-8,11,13H2,1-3H3. The van der Waals surface area contributed by atoms with Gasteiger partial charge in [-0.3, -0.25) is 9.69 Å². The van der Waals surface area contributed by atoms with Crippen molar-refractivity contribution in [2.75, 3.05) is 26.2 Å².